The van der Waals surface area contributed by atoms with E-state index in [-0.39, 0.29) is 12.3 Å². The molecule has 1 amide bonds. The molecule has 0 unspecified atom stereocenters. The Labute approximate surface area is 175 Å². The zero-order valence-corrected chi connectivity index (χ0v) is 17.0. The van der Waals surface area contributed by atoms with Crippen LogP contribution in [0.3, 0.4) is 0 Å². The van der Waals surface area contributed by atoms with Gasteiger partial charge >= 0.3 is 5.69 Å². The fraction of sp³-hybridized carbons (Fsp3) is 0.143. The summed E-state index contributed by atoms with van der Waals surface area (Å²) in [4.78, 5) is 37.4. The number of aryl methyl sites for hydroxylation is 1. The SMILES string of the molecule is Cn1c(=O)c2c(CC(=O)Nc3cc(-c4ccc(Cl)cc4)n[nH]3)cccc2n(C)c1=O. The Kier molecular flexibility index (Phi) is 5.01. The molecule has 0 saturated heterocycles. The minimum atomic E-state index is -0.428. The number of carbonyl (C=O) groups is 1. The number of amides is 1. The monoisotopic (exact) mass is 423 g/mol. The molecule has 30 heavy (non-hydrogen) atoms. The number of nitrogens with one attached hydrogen (secondary N) is 2. The Morgan fingerprint density at radius 1 is 1.10 bits per heavy atom. The number of hydrogen-bond acceptors (Lipinski definition) is 4. The maximum Gasteiger partial charge on any atom is 0.330 e. The quantitative estimate of drug-likeness (QED) is 0.526. The van der Waals surface area contributed by atoms with Crippen molar-refractivity contribution in [2.75, 3.05) is 5.32 Å². The number of hydrogen-bond donors (Lipinski definition) is 2. The summed E-state index contributed by atoms with van der Waals surface area (Å²) in [5.41, 5.74) is 1.70. The number of halogens is 1. The summed E-state index contributed by atoms with van der Waals surface area (Å²) in [7, 11) is 3.01. The van der Waals surface area contributed by atoms with Crippen molar-refractivity contribution in [2.24, 2.45) is 14.1 Å². The van der Waals surface area contributed by atoms with Gasteiger partial charge in [-0.25, -0.2) is 4.79 Å². The highest BCUT2D eigenvalue weighted by Crippen LogP contribution is 2.22. The third kappa shape index (κ3) is 3.53. The van der Waals surface area contributed by atoms with Gasteiger partial charge in [0, 0.05) is 30.7 Å². The molecule has 0 atom stereocenters. The van der Waals surface area contributed by atoms with Crippen LogP contribution in [0.5, 0.6) is 0 Å². The van der Waals surface area contributed by atoms with E-state index in [0.29, 0.717) is 33.0 Å². The summed E-state index contributed by atoms with van der Waals surface area (Å²) in [6.45, 7) is 0. The zero-order valence-electron chi connectivity index (χ0n) is 16.3. The first-order chi connectivity index (χ1) is 14.3. The van der Waals surface area contributed by atoms with E-state index in [1.165, 1.54) is 11.6 Å². The van der Waals surface area contributed by atoms with E-state index in [1.807, 2.05) is 12.1 Å². The fourth-order valence-corrected chi connectivity index (χ4v) is 3.49. The maximum absolute atomic E-state index is 12.6. The molecule has 2 N–H and O–H groups in total. The molecule has 9 heteroatoms. The van der Waals surface area contributed by atoms with Crippen LogP contribution in [0.1, 0.15) is 5.56 Å². The van der Waals surface area contributed by atoms with Crippen LogP contribution in [-0.2, 0) is 25.3 Å². The minimum absolute atomic E-state index is 0.0277. The van der Waals surface area contributed by atoms with Gasteiger partial charge in [0.25, 0.3) is 5.56 Å². The summed E-state index contributed by atoms with van der Waals surface area (Å²) in [6.07, 6.45) is -0.0277. The second-order valence-electron chi connectivity index (χ2n) is 6.92. The number of aromatic nitrogens is 4. The molecular formula is C21H18ClN5O3. The molecule has 152 valence electrons. The summed E-state index contributed by atoms with van der Waals surface area (Å²) in [6, 6.07) is 14.0. The van der Waals surface area contributed by atoms with Crippen LogP contribution < -0.4 is 16.6 Å². The molecule has 0 aliphatic carbocycles. The Balaban J connectivity index is 1.60. The Hall–Kier alpha value is -3.65. The molecule has 2 aromatic carbocycles. The molecule has 2 heterocycles. The topological polar surface area (TPSA) is 102 Å². The van der Waals surface area contributed by atoms with E-state index in [0.717, 1.165) is 10.1 Å². The van der Waals surface area contributed by atoms with Gasteiger partial charge in [0.15, 0.2) is 0 Å². The van der Waals surface area contributed by atoms with Crippen molar-refractivity contribution in [3.05, 3.63) is 80.0 Å². The molecule has 2 aromatic heterocycles. The average Bonchev–Trinajstić information content (AvgIpc) is 3.19. The summed E-state index contributed by atoms with van der Waals surface area (Å²) < 4.78 is 2.43. The number of nitrogens with zero attached hydrogens (tertiary/aromatic N) is 3. The number of aromatic amines is 1. The van der Waals surface area contributed by atoms with Crippen molar-refractivity contribution in [1.82, 2.24) is 19.3 Å². The summed E-state index contributed by atoms with van der Waals surface area (Å²) >= 11 is 5.90. The molecular weight excluding hydrogens is 406 g/mol. The minimum Gasteiger partial charge on any atom is -0.311 e. The number of H-pyrrole nitrogens is 1. The molecule has 4 rings (SSSR count). The van der Waals surface area contributed by atoms with Crippen molar-refractivity contribution < 1.29 is 4.79 Å². The average molecular weight is 424 g/mol. The lowest BCUT2D eigenvalue weighted by Gasteiger charge is -2.11. The van der Waals surface area contributed by atoms with Gasteiger partial charge in [0.1, 0.15) is 5.82 Å². The number of fused-ring (bicyclic) bond motifs is 1. The lowest BCUT2D eigenvalue weighted by molar-refractivity contribution is -0.115. The molecule has 0 saturated carbocycles. The molecule has 0 radical (unpaired) electrons. The predicted octanol–water partition coefficient (Wildman–Crippen LogP) is 2.46. The van der Waals surface area contributed by atoms with Crippen LogP contribution in [0, 0.1) is 0 Å². The highest BCUT2D eigenvalue weighted by molar-refractivity contribution is 6.30. The molecule has 0 aliphatic heterocycles. The predicted molar refractivity (Wildman–Crippen MR) is 116 cm³/mol. The van der Waals surface area contributed by atoms with Crippen molar-refractivity contribution >= 4 is 34.2 Å². The third-order valence-electron chi connectivity index (χ3n) is 4.93. The Morgan fingerprint density at radius 3 is 2.57 bits per heavy atom. The van der Waals surface area contributed by atoms with Crippen molar-refractivity contribution in [3.63, 3.8) is 0 Å². The van der Waals surface area contributed by atoms with Gasteiger partial charge in [-0.15, -0.1) is 0 Å². The van der Waals surface area contributed by atoms with Crippen LogP contribution in [0.15, 0.2) is 58.1 Å². The number of carbonyl (C=O) groups excluding carboxylic acids is 1. The van der Waals surface area contributed by atoms with Crippen LogP contribution >= 0.6 is 11.6 Å². The van der Waals surface area contributed by atoms with Crippen LogP contribution in [0.25, 0.3) is 22.2 Å². The van der Waals surface area contributed by atoms with E-state index in [9.17, 15) is 14.4 Å². The summed E-state index contributed by atoms with van der Waals surface area (Å²) in [5, 5.41) is 10.7. The molecule has 0 fully saturated rings. The molecule has 0 aliphatic rings. The lowest BCUT2D eigenvalue weighted by Crippen LogP contribution is -2.37. The van der Waals surface area contributed by atoms with Crippen LogP contribution in [0.4, 0.5) is 5.82 Å². The van der Waals surface area contributed by atoms with Gasteiger partial charge in [-0.1, -0.05) is 35.9 Å². The smallest absolute Gasteiger partial charge is 0.311 e. The largest absolute Gasteiger partial charge is 0.330 e. The van der Waals surface area contributed by atoms with E-state index < -0.39 is 11.2 Å². The highest BCUT2D eigenvalue weighted by Gasteiger charge is 2.15. The first-order valence-corrected chi connectivity index (χ1v) is 9.52. The second-order valence-corrected chi connectivity index (χ2v) is 7.35. The van der Waals surface area contributed by atoms with Crippen molar-refractivity contribution in [2.45, 2.75) is 6.42 Å². The Bertz CT molecular complexity index is 1380. The number of anilines is 1. The molecule has 4 aromatic rings. The van der Waals surface area contributed by atoms with Crippen LogP contribution in [-0.4, -0.2) is 25.2 Å². The van der Waals surface area contributed by atoms with Crippen molar-refractivity contribution in [1.29, 1.82) is 0 Å². The highest BCUT2D eigenvalue weighted by atomic mass is 35.5. The van der Waals surface area contributed by atoms with Crippen molar-refractivity contribution in [3.8, 4) is 11.3 Å². The van der Waals surface area contributed by atoms with E-state index >= 15 is 0 Å². The van der Waals surface area contributed by atoms with Gasteiger partial charge in [-0.3, -0.25) is 23.8 Å². The molecule has 0 bridgehead atoms. The molecule has 0 spiro atoms. The standard InChI is InChI=1S/C21H18ClN5O3/c1-26-16-5-3-4-13(19(16)20(29)27(2)21(26)30)10-18(28)23-17-11-15(24-25-17)12-6-8-14(22)9-7-12/h3-9,11H,10H2,1-2H3,(H2,23,24,25,28). The first kappa shape index (κ1) is 19.7. The van der Waals surface area contributed by atoms with Gasteiger partial charge in [-0.05, 0) is 23.8 Å². The van der Waals surface area contributed by atoms with Gasteiger partial charge in [-0.2, -0.15) is 5.10 Å². The normalized spacial score (nSPS) is 11.0. The van der Waals surface area contributed by atoms with E-state index in [2.05, 4.69) is 15.5 Å². The maximum atomic E-state index is 12.6. The summed E-state index contributed by atoms with van der Waals surface area (Å²) in [5.74, 6) is 0.121. The Morgan fingerprint density at radius 2 is 1.83 bits per heavy atom. The fourth-order valence-electron chi connectivity index (χ4n) is 3.36. The van der Waals surface area contributed by atoms with E-state index in [4.69, 9.17) is 11.6 Å². The molecule has 8 nitrogen and oxygen atoms in total. The zero-order chi connectivity index (χ0) is 21.4. The second kappa shape index (κ2) is 7.64. The van der Waals surface area contributed by atoms with Gasteiger partial charge in [0.2, 0.25) is 5.91 Å². The van der Waals surface area contributed by atoms with E-state index in [1.54, 1.807) is 43.4 Å². The van der Waals surface area contributed by atoms with Crippen LogP contribution in [0.2, 0.25) is 5.02 Å². The third-order valence-corrected chi connectivity index (χ3v) is 5.18. The first-order valence-electron chi connectivity index (χ1n) is 9.14. The lowest BCUT2D eigenvalue weighted by atomic mass is 10.1. The number of benzene rings is 2. The van der Waals surface area contributed by atoms with Gasteiger partial charge < -0.3 is 5.32 Å². The number of rotatable bonds is 4. The van der Waals surface area contributed by atoms with Gasteiger partial charge in [0.05, 0.1) is 23.0 Å².